The van der Waals surface area contributed by atoms with Gasteiger partial charge < -0.3 is 4.90 Å². The zero-order valence-corrected chi connectivity index (χ0v) is 7.94. The molecular weight excluding hydrogens is 141 g/mol. The first-order valence-electron chi connectivity index (χ1n) is 4.53. The molecule has 0 aromatic heterocycles. The number of rotatable bonds is 0. The molecule has 0 spiro atoms. The van der Waals surface area contributed by atoms with Gasteiger partial charge in [0.2, 0.25) is 0 Å². The second-order valence-electron chi connectivity index (χ2n) is 3.21. The highest BCUT2D eigenvalue weighted by atomic mass is 19.1. The molecule has 2 heteroatoms. The van der Waals surface area contributed by atoms with Crippen LogP contribution in [0.15, 0.2) is 0 Å². The molecule has 0 aromatic rings. The van der Waals surface area contributed by atoms with Gasteiger partial charge in [0.15, 0.2) is 0 Å². The normalized spacial score (nSPS) is 25.6. The van der Waals surface area contributed by atoms with Crippen LogP contribution in [-0.2, 0) is 0 Å². The highest BCUT2D eigenvalue weighted by molar-refractivity contribution is 4.68. The van der Waals surface area contributed by atoms with E-state index in [9.17, 15) is 4.39 Å². The van der Waals surface area contributed by atoms with Crippen molar-refractivity contribution >= 4 is 0 Å². The molecule has 11 heavy (non-hydrogen) atoms. The fourth-order valence-corrected chi connectivity index (χ4v) is 1.10. The topological polar surface area (TPSA) is 3.24 Å². The summed E-state index contributed by atoms with van der Waals surface area (Å²) in [5.74, 6) is 0. The minimum absolute atomic E-state index is 0.561. The Hall–Kier alpha value is -0.110. The van der Waals surface area contributed by atoms with E-state index in [1.165, 1.54) is 6.42 Å². The Bertz CT molecular complexity index is 77.6. The van der Waals surface area contributed by atoms with Crippen LogP contribution in [0.4, 0.5) is 4.39 Å². The van der Waals surface area contributed by atoms with Crippen LogP contribution < -0.4 is 0 Å². The quantitative estimate of drug-likeness (QED) is 0.527. The van der Waals surface area contributed by atoms with Gasteiger partial charge in [-0.15, -0.1) is 0 Å². The minimum Gasteiger partial charge on any atom is -0.303 e. The highest BCUT2D eigenvalue weighted by Gasteiger charge is 2.14. The summed E-state index contributed by atoms with van der Waals surface area (Å²) < 4.78 is 12.4. The van der Waals surface area contributed by atoms with E-state index in [0.717, 1.165) is 19.4 Å². The van der Waals surface area contributed by atoms with Gasteiger partial charge in [0.05, 0.1) is 0 Å². The van der Waals surface area contributed by atoms with Crippen LogP contribution in [0.5, 0.6) is 0 Å². The lowest BCUT2D eigenvalue weighted by Gasteiger charge is -2.24. The maximum Gasteiger partial charge on any atom is 0.113 e. The lowest BCUT2D eigenvalue weighted by molar-refractivity contribution is 0.163. The van der Waals surface area contributed by atoms with Crippen molar-refractivity contribution in [3.8, 4) is 0 Å². The zero-order valence-electron chi connectivity index (χ0n) is 7.94. The second kappa shape index (κ2) is 6.59. The van der Waals surface area contributed by atoms with E-state index in [1.54, 1.807) is 0 Å². The summed E-state index contributed by atoms with van der Waals surface area (Å²) >= 11 is 0. The van der Waals surface area contributed by atoms with Crippen LogP contribution in [-0.4, -0.2) is 31.2 Å². The third kappa shape index (κ3) is 6.29. The molecule has 0 amide bonds. The predicted molar refractivity (Wildman–Crippen MR) is 47.6 cm³/mol. The van der Waals surface area contributed by atoms with Gasteiger partial charge in [-0.1, -0.05) is 20.3 Å². The Morgan fingerprint density at radius 1 is 1.45 bits per heavy atom. The molecule has 1 aliphatic rings. The molecule has 0 unspecified atom stereocenters. The predicted octanol–water partition coefficient (Wildman–Crippen LogP) is 2.47. The Morgan fingerprint density at radius 3 is 2.27 bits per heavy atom. The van der Waals surface area contributed by atoms with Crippen molar-refractivity contribution in [3.05, 3.63) is 0 Å². The zero-order chi connectivity index (χ0) is 8.69. The first-order chi connectivity index (χ1) is 5.20. The molecular formula is C9H20FN. The van der Waals surface area contributed by atoms with Crippen LogP contribution in [0.3, 0.4) is 0 Å². The number of hydrogen-bond acceptors (Lipinski definition) is 1. The molecule has 1 heterocycles. The summed E-state index contributed by atoms with van der Waals surface area (Å²) in [6.45, 7) is 5.96. The van der Waals surface area contributed by atoms with Crippen LogP contribution in [0, 0.1) is 0 Å². The van der Waals surface area contributed by atoms with E-state index in [2.05, 4.69) is 13.8 Å². The van der Waals surface area contributed by atoms with Crippen molar-refractivity contribution in [1.29, 1.82) is 0 Å². The molecule has 1 atom stereocenters. The molecule has 0 aliphatic carbocycles. The SMILES string of the molecule is CCC.CN1CCC[C@H](F)C1. The Balaban J connectivity index is 0.000000292. The molecule has 0 N–H and O–H groups in total. The number of hydrogen-bond donors (Lipinski definition) is 0. The molecule has 0 bridgehead atoms. The van der Waals surface area contributed by atoms with Crippen LogP contribution >= 0.6 is 0 Å². The number of piperidine rings is 1. The summed E-state index contributed by atoms with van der Waals surface area (Å²) in [6, 6.07) is 0. The van der Waals surface area contributed by atoms with Gasteiger partial charge in [-0.25, -0.2) is 4.39 Å². The molecule has 1 fully saturated rings. The fraction of sp³-hybridized carbons (Fsp3) is 1.00. The van der Waals surface area contributed by atoms with E-state index in [1.807, 2.05) is 11.9 Å². The van der Waals surface area contributed by atoms with Gasteiger partial charge in [-0.3, -0.25) is 0 Å². The molecule has 1 nitrogen and oxygen atoms in total. The number of likely N-dealkylation sites (tertiary alicyclic amines) is 1. The molecule has 1 aliphatic heterocycles. The number of halogens is 1. The summed E-state index contributed by atoms with van der Waals surface area (Å²) in [5, 5.41) is 0. The van der Waals surface area contributed by atoms with E-state index < -0.39 is 6.17 Å². The maximum atomic E-state index is 12.4. The van der Waals surface area contributed by atoms with Gasteiger partial charge in [0.1, 0.15) is 6.17 Å². The monoisotopic (exact) mass is 161 g/mol. The molecule has 0 saturated carbocycles. The van der Waals surface area contributed by atoms with E-state index in [-0.39, 0.29) is 0 Å². The lowest BCUT2D eigenvalue weighted by Crippen LogP contribution is -2.32. The van der Waals surface area contributed by atoms with Gasteiger partial charge in [0.25, 0.3) is 0 Å². The van der Waals surface area contributed by atoms with E-state index >= 15 is 0 Å². The fourth-order valence-electron chi connectivity index (χ4n) is 1.10. The second-order valence-corrected chi connectivity index (χ2v) is 3.21. The maximum absolute atomic E-state index is 12.4. The summed E-state index contributed by atoms with van der Waals surface area (Å²) in [6.07, 6.45) is 2.48. The van der Waals surface area contributed by atoms with Gasteiger partial charge in [-0.05, 0) is 26.4 Å². The Kier molecular flexibility index (Phi) is 6.52. The lowest BCUT2D eigenvalue weighted by atomic mass is 10.1. The number of alkyl halides is 1. The van der Waals surface area contributed by atoms with E-state index in [4.69, 9.17) is 0 Å². The molecule has 0 radical (unpaired) electrons. The van der Waals surface area contributed by atoms with Crippen molar-refractivity contribution < 1.29 is 4.39 Å². The minimum atomic E-state index is -0.561. The summed E-state index contributed by atoms with van der Waals surface area (Å²) in [7, 11) is 1.96. The van der Waals surface area contributed by atoms with Crippen molar-refractivity contribution in [2.24, 2.45) is 0 Å². The van der Waals surface area contributed by atoms with Crippen molar-refractivity contribution in [2.45, 2.75) is 39.3 Å². The first kappa shape index (κ1) is 10.9. The Labute approximate surface area is 69.6 Å². The van der Waals surface area contributed by atoms with Crippen molar-refractivity contribution in [2.75, 3.05) is 20.1 Å². The third-order valence-electron chi connectivity index (χ3n) is 1.57. The van der Waals surface area contributed by atoms with Crippen LogP contribution in [0.2, 0.25) is 0 Å². The Morgan fingerprint density at radius 2 is 2.00 bits per heavy atom. The molecule has 1 saturated heterocycles. The smallest absolute Gasteiger partial charge is 0.113 e. The molecule has 68 valence electrons. The third-order valence-corrected chi connectivity index (χ3v) is 1.57. The largest absolute Gasteiger partial charge is 0.303 e. The number of nitrogens with zero attached hydrogens (tertiary/aromatic N) is 1. The average Bonchev–Trinajstić information content (AvgIpc) is 1.88. The first-order valence-corrected chi connectivity index (χ1v) is 4.53. The molecule has 0 aromatic carbocycles. The van der Waals surface area contributed by atoms with Gasteiger partial charge in [-0.2, -0.15) is 0 Å². The summed E-state index contributed by atoms with van der Waals surface area (Å²) in [4.78, 5) is 2.04. The molecule has 1 rings (SSSR count). The van der Waals surface area contributed by atoms with Gasteiger partial charge in [0, 0.05) is 6.54 Å². The standard InChI is InChI=1S/C6H12FN.C3H8/c1-8-4-2-3-6(7)5-8;1-3-2/h6H,2-5H2,1H3;3H2,1-2H3/t6-;/m0./s1. The van der Waals surface area contributed by atoms with E-state index in [0.29, 0.717) is 6.54 Å². The van der Waals surface area contributed by atoms with Crippen molar-refractivity contribution in [3.63, 3.8) is 0 Å². The average molecular weight is 161 g/mol. The van der Waals surface area contributed by atoms with Gasteiger partial charge >= 0.3 is 0 Å². The van der Waals surface area contributed by atoms with Crippen LogP contribution in [0.25, 0.3) is 0 Å². The van der Waals surface area contributed by atoms with Crippen molar-refractivity contribution in [1.82, 2.24) is 4.90 Å². The van der Waals surface area contributed by atoms with Crippen LogP contribution in [0.1, 0.15) is 33.1 Å². The summed E-state index contributed by atoms with van der Waals surface area (Å²) in [5.41, 5.74) is 0. The highest BCUT2D eigenvalue weighted by Crippen LogP contribution is 2.09.